The van der Waals surface area contributed by atoms with E-state index in [0.29, 0.717) is 44.6 Å². The van der Waals surface area contributed by atoms with Gasteiger partial charge in [-0.05, 0) is 80.6 Å². The summed E-state index contributed by atoms with van der Waals surface area (Å²) in [7, 11) is 0. The van der Waals surface area contributed by atoms with Gasteiger partial charge in [-0.3, -0.25) is 14.4 Å². The number of anilines is 2. The van der Waals surface area contributed by atoms with Crippen molar-refractivity contribution in [1.82, 2.24) is 10.3 Å². The summed E-state index contributed by atoms with van der Waals surface area (Å²) < 4.78 is 5.14. The van der Waals surface area contributed by atoms with Crippen molar-refractivity contribution in [3.63, 3.8) is 0 Å². The second-order valence-corrected chi connectivity index (χ2v) is 9.66. The summed E-state index contributed by atoms with van der Waals surface area (Å²) in [5, 5.41) is 5.02. The van der Waals surface area contributed by atoms with Crippen LogP contribution in [0.25, 0.3) is 0 Å². The van der Waals surface area contributed by atoms with Gasteiger partial charge < -0.3 is 15.0 Å². The number of hydrogen-bond acceptors (Lipinski definition) is 6. The average Bonchev–Trinajstić information content (AvgIpc) is 3.22. The highest BCUT2D eigenvalue weighted by Gasteiger charge is 2.45. The predicted molar refractivity (Wildman–Crippen MR) is 133 cm³/mol. The van der Waals surface area contributed by atoms with Gasteiger partial charge in [0, 0.05) is 30.9 Å². The highest BCUT2D eigenvalue weighted by atomic mass is 16.5. The molecule has 3 aliphatic heterocycles. The molecule has 0 saturated carbocycles. The van der Waals surface area contributed by atoms with E-state index >= 15 is 0 Å². The van der Waals surface area contributed by atoms with Crippen molar-refractivity contribution in [2.45, 2.75) is 39.7 Å². The molecular formula is C27H32N4O4. The molecule has 0 spiro atoms. The number of nitrogens with one attached hydrogen (secondary N) is 2. The summed E-state index contributed by atoms with van der Waals surface area (Å²) >= 11 is 0. The van der Waals surface area contributed by atoms with Crippen LogP contribution in [-0.2, 0) is 14.3 Å². The molecule has 35 heavy (non-hydrogen) atoms. The third-order valence-electron chi connectivity index (χ3n) is 7.50. The number of hydrogen-bond donors (Lipinski definition) is 2. The molecule has 0 aromatic heterocycles. The average molecular weight is 477 g/mol. The van der Waals surface area contributed by atoms with E-state index in [-0.39, 0.29) is 35.7 Å². The quantitative estimate of drug-likeness (QED) is 0.658. The van der Waals surface area contributed by atoms with Gasteiger partial charge in [0.15, 0.2) is 0 Å². The molecule has 2 N–H and O–H groups in total. The van der Waals surface area contributed by atoms with Gasteiger partial charge in [0.2, 0.25) is 5.91 Å². The topological polar surface area (TPSA) is 91.0 Å². The molecule has 2 unspecified atom stereocenters. The van der Waals surface area contributed by atoms with Crippen molar-refractivity contribution in [1.29, 1.82) is 0 Å². The van der Waals surface area contributed by atoms with Gasteiger partial charge in [0.1, 0.15) is 0 Å². The van der Waals surface area contributed by atoms with Crippen molar-refractivity contribution in [3.8, 4) is 0 Å². The Bertz CT molecular complexity index is 1170. The van der Waals surface area contributed by atoms with Crippen molar-refractivity contribution in [3.05, 3.63) is 58.7 Å². The summed E-state index contributed by atoms with van der Waals surface area (Å²) in [5.41, 5.74) is 9.00. The van der Waals surface area contributed by atoms with Crippen molar-refractivity contribution in [2.75, 3.05) is 36.6 Å². The second-order valence-electron chi connectivity index (χ2n) is 9.66. The summed E-state index contributed by atoms with van der Waals surface area (Å²) in [6, 6.07) is 11.5. The molecule has 2 atom stereocenters. The summed E-state index contributed by atoms with van der Waals surface area (Å²) in [5.74, 6) is -0.593. The minimum atomic E-state index is -0.255. The number of amides is 2. The Morgan fingerprint density at radius 1 is 1.06 bits per heavy atom. The molecular weight excluding hydrogens is 444 g/mol. The van der Waals surface area contributed by atoms with E-state index in [1.165, 1.54) is 5.56 Å². The number of carbonyl (C=O) groups is 3. The first-order valence-electron chi connectivity index (χ1n) is 12.4. The van der Waals surface area contributed by atoms with Crippen LogP contribution in [0.2, 0.25) is 0 Å². The second kappa shape index (κ2) is 9.34. The molecule has 0 bridgehead atoms. The molecule has 0 aliphatic carbocycles. The fourth-order valence-electron chi connectivity index (χ4n) is 5.25. The third-order valence-corrected chi connectivity index (χ3v) is 7.50. The lowest BCUT2D eigenvalue weighted by Gasteiger charge is -2.32. The van der Waals surface area contributed by atoms with Gasteiger partial charge in [-0.1, -0.05) is 6.07 Å². The standard InChI is InChI=1S/C27H32N4O4/c1-4-35-27(34)18-9-11-30(12-10-18)25(32)19-6-8-23-21(14-19)24-22(15-28-23)26(33)31(29-24)20-7-5-16(2)17(3)13-20/h5-8,13-14,18,22,24,28-29H,4,9-12,15H2,1-3H3. The Labute approximate surface area is 205 Å². The maximum absolute atomic E-state index is 13.3. The number of esters is 1. The normalized spacial score (nSPS) is 21.9. The van der Waals surface area contributed by atoms with E-state index in [1.54, 1.807) is 16.8 Å². The minimum absolute atomic E-state index is 0.0224. The molecule has 2 amide bonds. The Hall–Kier alpha value is -3.39. The SMILES string of the molecule is CCOC(=O)C1CCN(C(=O)c2ccc3c(c2)C2NN(c4ccc(C)c(C)c4)C(=O)C2CN3)CC1. The molecule has 2 aromatic rings. The van der Waals surface area contributed by atoms with Crippen LogP contribution in [0.15, 0.2) is 36.4 Å². The van der Waals surface area contributed by atoms with Gasteiger partial charge in [-0.2, -0.15) is 0 Å². The number of aryl methyl sites for hydroxylation is 2. The molecule has 8 nitrogen and oxygen atoms in total. The van der Waals surface area contributed by atoms with Crippen LogP contribution in [0.3, 0.4) is 0 Å². The number of likely N-dealkylation sites (tertiary alicyclic amines) is 1. The third kappa shape index (κ3) is 4.27. The number of rotatable bonds is 4. The molecule has 2 saturated heterocycles. The molecule has 5 rings (SSSR count). The van der Waals surface area contributed by atoms with Crippen LogP contribution in [-0.4, -0.2) is 48.9 Å². The molecule has 3 aliphatic rings. The molecule has 2 aromatic carbocycles. The summed E-state index contributed by atoms with van der Waals surface area (Å²) in [6.45, 7) is 7.87. The zero-order valence-corrected chi connectivity index (χ0v) is 20.5. The number of carbonyl (C=O) groups excluding carboxylic acids is 3. The van der Waals surface area contributed by atoms with Gasteiger partial charge in [0.05, 0.1) is 30.2 Å². The van der Waals surface area contributed by atoms with E-state index < -0.39 is 0 Å². The van der Waals surface area contributed by atoms with Crippen LogP contribution < -0.4 is 15.8 Å². The zero-order valence-electron chi connectivity index (χ0n) is 20.5. The maximum atomic E-state index is 13.3. The van der Waals surface area contributed by atoms with Crippen LogP contribution >= 0.6 is 0 Å². The Kier molecular flexibility index (Phi) is 6.23. The van der Waals surface area contributed by atoms with E-state index in [1.807, 2.05) is 43.3 Å². The highest BCUT2D eigenvalue weighted by molar-refractivity contribution is 5.99. The van der Waals surface area contributed by atoms with Crippen LogP contribution in [0.1, 0.15) is 52.9 Å². The highest BCUT2D eigenvalue weighted by Crippen LogP contribution is 2.40. The van der Waals surface area contributed by atoms with Gasteiger partial charge in [-0.15, -0.1) is 0 Å². The monoisotopic (exact) mass is 476 g/mol. The number of piperidine rings is 1. The predicted octanol–water partition coefficient (Wildman–Crippen LogP) is 3.35. The van der Waals surface area contributed by atoms with Gasteiger partial charge >= 0.3 is 5.97 Å². The summed E-state index contributed by atoms with van der Waals surface area (Å²) in [6.07, 6.45) is 1.23. The zero-order chi connectivity index (χ0) is 24.7. The number of fused-ring (bicyclic) bond motifs is 3. The Morgan fingerprint density at radius 2 is 1.83 bits per heavy atom. The van der Waals surface area contributed by atoms with Crippen LogP contribution in [0, 0.1) is 25.7 Å². The van der Waals surface area contributed by atoms with Gasteiger partial charge in [0.25, 0.3) is 5.91 Å². The number of ether oxygens (including phenoxy) is 1. The maximum Gasteiger partial charge on any atom is 0.309 e. The number of nitrogens with zero attached hydrogens (tertiary/aromatic N) is 2. The Balaban J connectivity index is 1.34. The van der Waals surface area contributed by atoms with Crippen molar-refractivity contribution < 1.29 is 19.1 Å². The smallest absolute Gasteiger partial charge is 0.309 e. The lowest BCUT2D eigenvalue weighted by atomic mass is 9.88. The molecule has 8 heteroatoms. The lowest BCUT2D eigenvalue weighted by molar-refractivity contribution is -0.149. The van der Waals surface area contributed by atoms with E-state index in [2.05, 4.69) is 17.7 Å². The van der Waals surface area contributed by atoms with Gasteiger partial charge in [-0.25, -0.2) is 10.4 Å². The number of benzene rings is 2. The first-order valence-corrected chi connectivity index (χ1v) is 12.4. The van der Waals surface area contributed by atoms with Crippen molar-refractivity contribution in [2.24, 2.45) is 11.8 Å². The summed E-state index contributed by atoms with van der Waals surface area (Å²) in [4.78, 5) is 40.4. The lowest BCUT2D eigenvalue weighted by Crippen LogP contribution is -2.41. The molecule has 184 valence electrons. The number of hydrazine groups is 1. The van der Waals surface area contributed by atoms with E-state index in [4.69, 9.17) is 4.74 Å². The van der Waals surface area contributed by atoms with Crippen molar-refractivity contribution >= 4 is 29.2 Å². The largest absolute Gasteiger partial charge is 0.466 e. The first kappa shape index (κ1) is 23.4. The minimum Gasteiger partial charge on any atom is -0.466 e. The molecule has 3 heterocycles. The fourth-order valence-corrected chi connectivity index (χ4v) is 5.25. The molecule has 2 fully saturated rings. The van der Waals surface area contributed by atoms with Crippen LogP contribution in [0.4, 0.5) is 11.4 Å². The molecule has 0 radical (unpaired) electrons. The van der Waals surface area contributed by atoms with Crippen LogP contribution in [0.5, 0.6) is 0 Å². The fraction of sp³-hybridized carbons (Fsp3) is 0.444. The van der Waals surface area contributed by atoms with E-state index in [9.17, 15) is 14.4 Å². The first-order chi connectivity index (χ1) is 16.9. The van der Waals surface area contributed by atoms with E-state index in [0.717, 1.165) is 22.5 Å². The Morgan fingerprint density at radius 3 is 2.54 bits per heavy atom.